The molecule has 88 valence electrons. The molecule has 16 heavy (non-hydrogen) atoms. The zero-order chi connectivity index (χ0) is 12.0. The molecule has 0 amide bonds. The van der Waals surface area contributed by atoms with Crippen molar-refractivity contribution in [3.8, 4) is 0 Å². The summed E-state index contributed by atoms with van der Waals surface area (Å²) in [7, 11) is 0. The highest BCUT2D eigenvalue weighted by molar-refractivity contribution is 7.99. The smallest absolute Gasteiger partial charge is 0.219 e. The van der Waals surface area contributed by atoms with Crippen LogP contribution in [0.15, 0.2) is 24.3 Å². The standard InChI is InChI=1S/C10H13ClN2O2S/c11-9-3-1-8(2-4-9)10(7-13(14)15)16-6-5-12/h1-4,10H,5-7,12H2. The number of benzene rings is 1. The third-order valence-corrected chi connectivity index (χ3v) is 3.54. The molecule has 0 aliphatic rings. The van der Waals surface area contributed by atoms with Crippen molar-refractivity contribution in [1.29, 1.82) is 0 Å². The highest BCUT2D eigenvalue weighted by Crippen LogP contribution is 2.29. The van der Waals surface area contributed by atoms with E-state index in [0.717, 1.165) is 5.56 Å². The van der Waals surface area contributed by atoms with Gasteiger partial charge in [0.25, 0.3) is 0 Å². The molecule has 4 nitrogen and oxygen atoms in total. The first kappa shape index (κ1) is 13.3. The maximum Gasteiger partial charge on any atom is 0.219 e. The van der Waals surface area contributed by atoms with Crippen molar-refractivity contribution in [3.05, 3.63) is 45.0 Å². The molecule has 6 heteroatoms. The van der Waals surface area contributed by atoms with Crippen molar-refractivity contribution < 1.29 is 4.92 Å². The van der Waals surface area contributed by atoms with E-state index in [1.54, 1.807) is 12.1 Å². The molecular weight excluding hydrogens is 248 g/mol. The van der Waals surface area contributed by atoms with Crippen LogP contribution in [0.5, 0.6) is 0 Å². The number of nitrogens with two attached hydrogens (primary N) is 1. The maximum absolute atomic E-state index is 10.5. The van der Waals surface area contributed by atoms with Crippen molar-refractivity contribution in [3.63, 3.8) is 0 Å². The average molecular weight is 261 g/mol. The summed E-state index contributed by atoms with van der Waals surface area (Å²) in [6.45, 7) is 0.429. The lowest BCUT2D eigenvalue weighted by Crippen LogP contribution is -2.12. The topological polar surface area (TPSA) is 69.2 Å². The largest absolute Gasteiger partial charge is 0.330 e. The second kappa shape index (κ2) is 6.73. The summed E-state index contributed by atoms with van der Waals surface area (Å²) in [5, 5.41) is 11.0. The van der Waals surface area contributed by atoms with Crippen molar-refractivity contribution in [1.82, 2.24) is 0 Å². The molecule has 0 aromatic heterocycles. The molecule has 0 spiro atoms. The monoisotopic (exact) mass is 260 g/mol. The molecule has 0 radical (unpaired) electrons. The SMILES string of the molecule is NCCSC(C[N+](=O)[O-])c1ccc(Cl)cc1. The number of rotatable bonds is 6. The highest BCUT2D eigenvalue weighted by atomic mass is 35.5. The molecule has 1 aromatic carbocycles. The zero-order valence-electron chi connectivity index (χ0n) is 8.64. The number of halogens is 1. The van der Waals surface area contributed by atoms with Crippen LogP contribution < -0.4 is 5.73 Å². The summed E-state index contributed by atoms with van der Waals surface area (Å²) < 4.78 is 0. The summed E-state index contributed by atoms with van der Waals surface area (Å²) in [4.78, 5) is 10.2. The van der Waals surface area contributed by atoms with Gasteiger partial charge in [0.1, 0.15) is 0 Å². The van der Waals surface area contributed by atoms with Crippen LogP contribution in [0, 0.1) is 10.1 Å². The quantitative estimate of drug-likeness (QED) is 0.630. The average Bonchev–Trinajstić information content (AvgIpc) is 2.25. The molecule has 1 unspecified atom stereocenters. The van der Waals surface area contributed by atoms with Gasteiger partial charge in [-0.3, -0.25) is 10.1 Å². The van der Waals surface area contributed by atoms with Crippen LogP contribution in [-0.4, -0.2) is 23.8 Å². The van der Waals surface area contributed by atoms with E-state index < -0.39 is 0 Å². The van der Waals surface area contributed by atoms with E-state index in [2.05, 4.69) is 0 Å². The molecule has 1 rings (SSSR count). The normalized spacial score (nSPS) is 12.4. The molecule has 0 aliphatic carbocycles. The molecule has 0 saturated heterocycles. The minimum Gasteiger partial charge on any atom is -0.330 e. The molecule has 0 fully saturated rings. The van der Waals surface area contributed by atoms with Gasteiger partial charge in [-0.2, -0.15) is 0 Å². The molecule has 0 bridgehead atoms. The summed E-state index contributed by atoms with van der Waals surface area (Å²) in [5.41, 5.74) is 6.31. The lowest BCUT2D eigenvalue weighted by Gasteiger charge is -2.12. The van der Waals surface area contributed by atoms with Gasteiger partial charge in [-0.05, 0) is 17.7 Å². The summed E-state index contributed by atoms with van der Waals surface area (Å²) in [6, 6.07) is 7.12. The molecular formula is C10H13ClN2O2S. The predicted octanol–water partition coefficient (Wildman–Crippen LogP) is 2.35. The Hall–Kier alpha value is -0.780. The Morgan fingerprint density at radius 3 is 2.56 bits per heavy atom. The Morgan fingerprint density at radius 1 is 1.44 bits per heavy atom. The van der Waals surface area contributed by atoms with Gasteiger partial charge in [0.2, 0.25) is 6.54 Å². The van der Waals surface area contributed by atoms with Crippen LogP contribution in [0.4, 0.5) is 0 Å². The third kappa shape index (κ3) is 4.38. The van der Waals surface area contributed by atoms with Gasteiger partial charge in [0.15, 0.2) is 0 Å². The van der Waals surface area contributed by atoms with Crippen molar-refractivity contribution >= 4 is 23.4 Å². The number of thioether (sulfide) groups is 1. The fraction of sp³-hybridized carbons (Fsp3) is 0.400. The lowest BCUT2D eigenvalue weighted by molar-refractivity contribution is -0.479. The van der Waals surface area contributed by atoms with Crippen LogP contribution in [0.3, 0.4) is 0 Å². The van der Waals surface area contributed by atoms with E-state index >= 15 is 0 Å². The first-order chi connectivity index (χ1) is 7.63. The van der Waals surface area contributed by atoms with Crippen LogP contribution in [-0.2, 0) is 0 Å². The van der Waals surface area contributed by atoms with Crippen molar-refractivity contribution in [2.24, 2.45) is 5.73 Å². The molecule has 1 atom stereocenters. The minimum absolute atomic E-state index is 0.0910. The minimum atomic E-state index is -0.303. The van der Waals surface area contributed by atoms with Crippen LogP contribution in [0.1, 0.15) is 10.8 Å². The Labute approximate surface area is 103 Å². The molecule has 0 heterocycles. The van der Waals surface area contributed by atoms with E-state index in [4.69, 9.17) is 17.3 Å². The van der Waals surface area contributed by atoms with E-state index in [9.17, 15) is 10.1 Å². The predicted molar refractivity (Wildman–Crippen MR) is 67.6 cm³/mol. The van der Waals surface area contributed by atoms with E-state index in [0.29, 0.717) is 17.3 Å². The number of hydrogen-bond donors (Lipinski definition) is 1. The van der Waals surface area contributed by atoms with Gasteiger partial charge in [0.05, 0.1) is 5.25 Å². The molecule has 0 aliphatic heterocycles. The van der Waals surface area contributed by atoms with Crippen LogP contribution >= 0.6 is 23.4 Å². The second-order valence-corrected chi connectivity index (χ2v) is 4.96. The molecule has 1 aromatic rings. The van der Waals surface area contributed by atoms with Crippen molar-refractivity contribution in [2.45, 2.75) is 5.25 Å². The lowest BCUT2D eigenvalue weighted by atomic mass is 10.1. The Balaban J connectivity index is 2.74. The van der Waals surface area contributed by atoms with E-state index in [1.165, 1.54) is 11.8 Å². The Kier molecular flexibility index (Phi) is 5.59. The Bertz CT molecular complexity index is 345. The summed E-state index contributed by atoms with van der Waals surface area (Å²) in [6.07, 6.45) is 0. The highest BCUT2D eigenvalue weighted by Gasteiger charge is 2.17. The van der Waals surface area contributed by atoms with E-state index in [-0.39, 0.29) is 16.7 Å². The first-order valence-electron chi connectivity index (χ1n) is 4.82. The van der Waals surface area contributed by atoms with Crippen LogP contribution in [0.2, 0.25) is 5.02 Å². The van der Waals surface area contributed by atoms with Gasteiger partial charge >= 0.3 is 0 Å². The van der Waals surface area contributed by atoms with Gasteiger partial charge in [-0.25, -0.2) is 0 Å². The maximum atomic E-state index is 10.5. The third-order valence-electron chi connectivity index (χ3n) is 1.99. The van der Waals surface area contributed by atoms with E-state index in [1.807, 2.05) is 12.1 Å². The van der Waals surface area contributed by atoms with Gasteiger partial charge in [0, 0.05) is 22.2 Å². The van der Waals surface area contributed by atoms with Gasteiger partial charge in [-0.15, -0.1) is 11.8 Å². The zero-order valence-corrected chi connectivity index (χ0v) is 10.2. The summed E-state index contributed by atoms with van der Waals surface area (Å²) >= 11 is 7.26. The number of hydrogen-bond acceptors (Lipinski definition) is 4. The van der Waals surface area contributed by atoms with Gasteiger partial charge in [-0.1, -0.05) is 23.7 Å². The fourth-order valence-corrected chi connectivity index (χ4v) is 2.40. The fourth-order valence-electron chi connectivity index (χ4n) is 1.28. The Morgan fingerprint density at radius 2 is 2.06 bits per heavy atom. The first-order valence-corrected chi connectivity index (χ1v) is 6.25. The number of nitrogens with zero attached hydrogens (tertiary/aromatic N) is 1. The molecule has 2 N–H and O–H groups in total. The second-order valence-electron chi connectivity index (χ2n) is 3.21. The van der Waals surface area contributed by atoms with Gasteiger partial charge < -0.3 is 5.73 Å². The van der Waals surface area contributed by atoms with Crippen LogP contribution in [0.25, 0.3) is 0 Å². The molecule has 0 saturated carbocycles. The number of nitro groups is 1. The van der Waals surface area contributed by atoms with Crippen molar-refractivity contribution in [2.75, 3.05) is 18.8 Å². The summed E-state index contributed by atoms with van der Waals surface area (Å²) in [5.74, 6) is 0.709.